The molecule has 2 aromatic carbocycles. The van der Waals surface area contributed by atoms with Gasteiger partial charge in [-0.05, 0) is 23.3 Å². The van der Waals surface area contributed by atoms with Crippen LogP contribution in [0.3, 0.4) is 0 Å². The van der Waals surface area contributed by atoms with E-state index in [1.54, 1.807) is 0 Å². The van der Waals surface area contributed by atoms with Gasteiger partial charge in [-0.2, -0.15) is 0 Å². The summed E-state index contributed by atoms with van der Waals surface area (Å²) < 4.78 is 16.3. The lowest BCUT2D eigenvalue weighted by Crippen LogP contribution is -2.12. The third kappa shape index (κ3) is 4.36. The van der Waals surface area contributed by atoms with E-state index < -0.39 is 17.6 Å². The first-order chi connectivity index (χ1) is 11.5. The van der Waals surface area contributed by atoms with Crippen molar-refractivity contribution in [2.24, 2.45) is 0 Å². The van der Waals surface area contributed by atoms with E-state index in [-0.39, 0.29) is 6.61 Å². The zero-order chi connectivity index (χ0) is 17.5. The number of benzene rings is 2. The van der Waals surface area contributed by atoms with Gasteiger partial charge in [0.1, 0.15) is 12.7 Å². The van der Waals surface area contributed by atoms with Crippen LogP contribution in [0.15, 0.2) is 42.5 Å². The van der Waals surface area contributed by atoms with Crippen LogP contribution in [0.4, 0.5) is 0 Å². The van der Waals surface area contributed by atoms with Crippen molar-refractivity contribution in [1.29, 1.82) is 0 Å². The van der Waals surface area contributed by atoms with Crippen molar-refractivity contribution < 1.29 is 24.2 Å². The van der Waals surface area contributed by atoms with E-state index in [1.807, 2.05) is 30.3 Å². The molecule has 0 aliphatic rings. The summed E-state index contributed by atoms with van der Waals surface area (Å²) in [6.07, 6.45) is -1.26. The Balaban J connectivity index is 2.30. The second-order valence-electron chi connectivity index (χ2n) is 5.06. The highest BCUT2D eigenvalue weighted by Gasteiger charge is 2.21. The summed E-state index contributed by atoms with van der Waals surface area (Å²) in [4.78, 5) is 10.0. The number of nitrogens with zero attached hydrogens (tertiary/aromatic N) is 1. The second-order valence-corrected chi connectivity index (χ2v) is 5.06. The molecule has 0 aromatic heterocycles. The van der Waals surface area contributed by atoms with Crippen molar-refractivity contribution in [3.63, 3.8) is 0 Å². The molecular weight excluding hydrogens is 314 g/mol. The Bertz CT molecular complexity index is 689. The first-order valence-electron chi connectivity index (χ1n) is 7.27. The molecule has 0 amide bonds. The number of hydrogen-bond acceptors (Lipinski definition) is 6. The second kappa shape index (κ2) is 8.16. The van der Waals surface area contributed by atoms with Crippen LogP contribution in [0.2, 0.25) is 0 Å². The van der Waals surface area contributed by atoms with Crippen LogP contribution in [0, 0.1) is 10.1 Å². The topological polar surface area (TPSA) is 91.1 Å². The molecule has 0 radical (unpaired) electrons. The van der Waals surface area contributed by atoms with E-state index in [2.05, 4.69) is 0 Å². The van der Waals surface area contributed by atoms with Gasteiger partial charge in [0.05, 0.1) is 14.2 Å². The van der Waals surface area contributed by atoms with E-state index in [4.69, 9.17) is 14.2 Å². The van der Waals surface area contributed by atoms with Gasteiger partial charge in [-0.25, -0.2) is 0 Å². The largest absolute Gasteiger partial charge is 0.493 e. The lowest BCUT2D eigenvalue weighted by molar-refractivity contribution is -0.491. The van der Waals surface area contributed by atoms with Crippen molar-refractivity contribution in [1.82, 2.24) is 0 Å². The predicted octanol–water partition coefficient (Wildman–Crippen LogP) is 2.59. The molecular formula is C17H19NO6. The first-order valence-corrected chi connectivity index (χ1v) is 7.27. The zero-order valence-corrected chi connectivity index (χ0v) is 13.5. The highest BCUT2D eigenvalue weighted by molar-refractivity contribution is 5.54. The average Bonchev–Trinajstić information content (AvgIpc) is 2.59. The molecule has 1 atom stereocenters. The van der Waals surface area contributed by atoms with Gasteiger partial charge in [-0.1, -0.05) is 30.3 Å². The fourth-order valence-corrected chi connectivity index (χ4v) is 2.23. The Morgan fingerprint density at radius 1 is 1.12 bits per heavy atom. The third-order valence-corrected chi connectivity index (χ3v) is 3.41. The van der Waals surface area contributed by atoms with Crippen LogP contribution in [0.1, 0.15) is 17.2 Å². The van der Waals surface area contributed by atoms with E-state index in [9.17, 15) is 15.2 Å². The number of ether oxygens (including phenoxy) is 3. The normalized spacial score (nSPS) is 11.6. The van der Waals surface area contributed by atoms with E-state index in [0.29, 0.717) is 22.8 Å². The molecule has 0 saturated carbocycles. The summed E-state index contributed by atoms with van der Waals surface area (Å²) in [5.74, 6) is 1.05. The molecule has 0 aliphatic heterocycles. The molecule has 2 aromatic rings. The van der Waals surface area contributed by atoms with E-state index in [0.717, 1.165) is 5.56 Å². The Morgan fingerprint density at radius 2 is 1.79 bits per heavy atom. The van der Waals surface area contributed by atoms with Crippen molar-refractivity contribution >= 4 is 0 Å². The maximum Gasteiger partial charge on any atom is 0.233 e. The molecule has 0 fully saturated rings. The van der Waals surface area contributed by atoms with Gasteiger partial charge < -0.3 is 19.3 Å². The summed E-state index contributed by atoms with van der Waals surface area (Å²) in [6, 6.07) is 12.5. The van der Waals surface area contributed by atoms with Crippen LogP contribution in [-0.4, -0.2) is 30.8 Å². The quantitative estimate of drug-likeness (QED) is 0.590. The molecule has 0 heterocycles. The van der Waals surface area contributed by atoms with Crippen LogP contribution in [-0.2, 0) is 6.61 Å². The van der Waals surface area contributed by atoms with Crippen LogP contribution in [0.5, 0.6) is 17.2 Å². The summed E-state index contributed by atoms with van der Waals surface area (Å²) in [5.41, 5.74) is 1.28. The molecule has 0 bridgehead atoms. The SMILES string of the molecule is COc1cc([C@@H](O)C[N+](=O)[O-])cc(OCc2ccccc2)c1OC. The summed E-state index contributed by atoms with van der Waals surface area (Å²) in [7, 11) is 2.92. The molecule has 7 heteroatoms. The fraction of sp³-hybridized carbons (Fsp3) is 0.294. The van der Waals surface area contributed by atoms with Crippen molar-refractivity contribution in [3.05, 3.63) is 63.7 Å². The molecule has 7 nitrogen and oxygen atoms in total. The molecule has 0 saturated heterocycles. The maximum atomic E-state index is 10.6. The van der Waals surface area contributed by atoms with Gasteiger partial charge >= 0.3 is 0 Å². The molecule has 1 N–H and O–H groups in total. The highest BCUT2D eigenvalue weighted by atomic mass is 16.6. The van der Waals surface area contributed by atoms with Gasteiger partial charge in [-0.15, -0.1) is 0 Å². The summed E-state index contributed by atoms with van der Waals surface area (Å²) in [6.45, 7) is -0.317. The Hall–Kier alpha value is -2.80. The molecule has 0 aliphatic carbocycles. The zero-order valence-electron chi connectivity index (χ0n) is 13.5. The van der Waals surface area contributed by atoms with E-state index >= 15 is 0 Å². The Kier molecular flexibility index (Phi) is 5.97. The van der Waals surface area contributed by atoms with Crippen molar-refractivity contribution in [3.8, 4) is 17.2 Å². The third-order valence-electron chi connectivity index (χ3n) is 3.41. The molecule has 24 heavy (non-hydrogen) atoms. The Morgan fingerprint density at radius 3 is 2.38 bits per heavy atom. The molecule has 0 spiro atoms. The monoisotopic (exact) mass is 333 g/mol. The minimum atomic E-state index is -1.26. The number of hydrogen-bond donors (Lipinski definition) is 1. The molecule has 2 rings (SSSR count). The number of methoxy groups -OCH3 is 2. The van der Waals surface area contributed by atoms with E-state index in [1.165, 1.54) is 26.4 Å². The average molecular weight is 333 g/mol. The minimum absolute atomic E-state index is 0.287. The number of aliphatic hydroxyl groups excluding tert-OH is 1. The number of rotatable bonds is 8. The van der Waals surface area contributed by atoms with Crippen LogP contribution < -0.4 is 14.2 Å². The van der Waals surface area contributed by atoms with Gasteiger partial charge in [0, 0.05) is 4.92 Å². The minimum Gasteiger partial charge on any atom is -0.493 e. The van der Waals surface area contributed by atoms with Gasteiger partial charge in [-0.3, -0.25) is 10.1 Å². The fourth-order valence-electron chi connectivity index (χ4n) is 2.23. The number of aliphatic hydroxyl groups is 1. The lowest BCUT2D eigenvalue weighted by atomic mass is 10.1. The van der Waals surface area contributed by atoms with Gasteiger partial charge in [0.15, 0.2) is 11.5 Å². The summed E-state index contributed by atoms with van der Waals surface area (Å²) in [5, 5.41) is 20.6. The van der Waals surface area contributed by atoms with Gasteiger partial charge in [0.2, 0.25) is 12.3 Å². The Labute approximate surface area is 139 Å². The van der Waals surface area contributed by atoms with Crippen molar-refractivity contribution in [2.45, 2.75) is 12.7 Å². The van der Waals surface area contributed by atoms with Crippen LogP contribution in [0.25, 0.3) is 0 Å². The smallest absolute Gasteiger partial charge is 0.233 e. The van der Waals surface area contributed by atoms with Gasteiger partial charge in [0.25, 0.3) is 0 Å². The van der Waals surface area contributed by atoms with Crippen molar-refractivity contribution in [2.75, 3.05) is 20.8 Å². The lowest BCUT2D eigenvalue weighted by Gasteiger charge is -2.17. The standard InChI is InChI=1S/C17H19NO6/c1-22-15-8-13(14(19)10-18(20)21)9-16(17(15)23-2)24-11-12-6-4-3-5-7-12/h3-9,14,19H,10-11H2,1-2H3/t14-/m0/s1. The number of nitro groups is 1. The molecule has 128 valence electrons. The maximum absolute atomic E-state index is 10.6. The van der Waals surface area contributed by atoms with Crippen LogP contribution >= 0.6 is 0 Å². The summed E-state index contributed by atoms with van der Waals surface area (Å²) >= 11 is 0. The highest BCUT2D eigenvalue weighted by Crippen LogP contribution is 2.40. The predicted molar refractivity (Wildman–Crippen MR) is 87.1 cm³/mol. The molecule has 0 unspecified atom stereocenters. The first kappa shape index (κ1) is 17.6.